The summed E-state index contributed by atoms with van der Waals surface area (Å²) < 4.78 is 0. The summed E-state index contributed by atoms with van der Waals surface area (Å²) in [4.78, 5) is 11.3. The molecular formula is C9H11N3O. The SMILES string of the molecule is CC1Nc2cccc(N)c2NC1=O. The number of hydrogen-bond acceptors (Lipinski definition) is 3. The number of benzene rings is 1. The van der Waals surface area contributed by atoms with Gasteiger partial charge in [-0.05, 0) is 19.1 Å². The van der Waals surface area contributed by atoms with Gasteiger partial charge in [-0.25, -0.2) is 0 Å². The van der Waals surface area contributed by atoms with Crippen LogP contribution < -0.4 is 16.4 Å². The molecular weight excluding hydrogens is 166 g/mol. The number of fused-ring (bicyclic) bond motifs is 1. The first-order chi connectivity index (χ1) is 6.18. The molecule has 2 rings (SSSR count). The molecule has 0 fully saturated rings. The predicted molar refractivity (Wildman–Crippen MR) is 52.6 cm³/mol. The monoisotopic (exact) mass is 177 g/mol. The summed E-state index contributed by atoms with van der Waals surface area (Å²) in [7, 11) is 0. The number of para-hydroxylation sites is 1. The molecule has 4 heteroatoms. The fourth-order valence-corrected chi connectivity index (χ4v) is 1.36. The highest BCUT2D eigenvalue weighted by Crippen LogP contribution is 2.31. The number of amides is 1. The van der Waals surface area contributed by atoms with E-state index in [4.69, 9.17) is 5.73 Å². The highest BCUT2D eigenvalue weighted by molar-refractivity contribution is 6.05. The molecule has 1 aliphatic heterocycles. The van der Waals surface area contributed by atoms with Gasteiger partial charge in [-0.2, -0.15) is 0 Å². The number of hydrogen-bond donors (Lipinski definition) is 3. The van der Waals surface area contributed by atoms with Crippen LogP contribution in [0.5, 0.6) is 0 Å². The average Bonchev–Trinajstić information content (AvgIpc) is 2.09. The second kappa shape index (κ2) is 2.65. The zero-order valence-electron chi connectivity index (χ0n) is 7.29. The molecule has 1 heterocycles. The molecule has 1 aliphatic rings. The van der Waals surface area contributed by atoms with Crippen molar-refractivity contribution in [2.24, 2.45) is 0 Å². The molecule has 4 nitrogen and oxygen atoms in total. The van der Waals surface area contributed by atoms with E-state index in [1.807, 2.05) is 19.1 Å². The predicted octanol–water partition coefficient (Wildman–Crippen LogP) is 1.02. The van der Waals surface area contributed by atoms with Crippen molar-refractivity contribution in [1.82, 2.24) is 0 Å². The summed E-state index contributed by atoms with van der Waals surface area (Å²) in [5.41, 5.74) is 7.85. The van der Waals surface area contributed by atoms with E-state index in [1.54, 1.807) is 6.07 Å². The van der Waals surface area contributed by atoms with E-state index in [2.05, 4.69) is 10.6 Å². The summed E-state index contributed by atoms with van der Waals surface area (Å²) in [5, 5.41) is 5.81. The van der Waals surface area contributed by atoms with Gasteiger partial charge in [-0.1, -0.05) is 6.07 Å². The van der Waals surface area contributed by atoms with Gasteiger partial charge in [-0.15, -0.1) is 0 Å². The fourth-order valence-electron chi connectivity index (χ4n) is 1.36. The summed E-state index contributed by atoms with van der Waals surface area (Å²) >= 11 is 0. The van der Waals surface area contributed by atoms with Gasteiger partial charge in [0.15, 0.2) is 0 Å². The second-order valence-electron chi connectivity index (χ2n) is 3.13. The van der Waals surface area contributed by atoms with Crippen LogP contribution in [0.3, 0.4) is 0 Å². The van der Waals surface area contributed by atoms with Gasteiger partial charge < -0.3 is 16.4 Å². The van der Waals surface area contributed by atoms with E-state index < -0.39 is 0 Å². The molecule has 0 aromatic heterocycles. The number of nitrogens with two attached hydrogens (primary N) is 1. The number of carbonyl (C=O) groups is 1. The lowest BCUT2D eigenvalue weighted by atomic mass is 10.1. The van der Waals surface area contributed by atoms with Crippen molar-refractivity contribution in [2.75, 3.05) is 16.4 Å². The van der Waals surface area contributed by atoms with Crippen LogP contribution in [-0.4, -0.2) is 11.9 Å². The molecule has 1 aromatic rings. The van der Waals surface area contributed by atoms with E-state index in [-0.39, 0.29) is 11.9 Å². The maximum absolute atomic E-state index is 11.3. The van der Waals surface area contributed by atoms with Crippen molar-refractivity contribution >= 4 is 23.0 Å². The number of carbonyl (C=O) groups excluding carboxylic acids is 1. The highest BCUT2D eigenvalue weighted by atomic mass is 16.2. The molecule has 0 aliphatic carbocycles. The van der Waals surface area contributed by atoms with Crippen LogP contribution in [0.15, 0.2) is 18.2 Å². The minimum Gasteiger partial charge on any atom is -0.397 e. The molecule has 1 aromatic carbocycles. The number of nitrogen functional groups attached to an aromatic ring is 1. The lowest BCUT2D eigenvalue weighted by molar-refractivity contribution is -0.116. The Labute approximate surface area is 76.1 Å². The van der Waals surface area contributed by atoms with Crippen molar-refractivity contribution in [3.05, 3.63) is 18.2 Å². The van der Waals surface area contributed by atoms with Gasteiger partial charge in [0.05, 0.1) is 17.1 Å². The molecule has 68 valence electrons. The Kier molecular flexibility index (Phi) is 1.62. The Morgan fingerprint density at radius 1 is 1.46 bits per heavy atom. The molecule has 4 N–H and O–H groups in total. The summed E-state index contributed by atoms with van der Waals surface area (Å²) in [5.74, 6) is -0.0506. The summed E-state index contributed by atoms with van der Waals surface area (Å²) in [6.45, 7) is 1.81. The zero-order valence-corrected chi connectivity index (χ0v) is 7.29. The van der Waals surface area contributed by atoms with Crippen LogP contribution in [0.4, 0.5) is 17.1 Å². The largest absolute Gasteiger partial charge is 0.397 e. The van der Waals surface area contributed by atoms with Crippen molar-refractivity contribution in [2.45, 2.75) is 13.0 Å². The van der Waals surface area contributed by atoms with Gasteiger partial charge in [0.25, 0.3) is 0 Å². The molecule has 0 radical (unpaired) electrons. The van der Waals surface area contributed by atoms with E-state index in [0.717, 1.165) is 5.69 Å². The molecule has 13 heavy (non-hydrogen) atoms. The Bertz CT molecular complexity index is 362. The van der Waals surface area contributed by atoms with Crippen LogP contribution in [0.2, 0.25) is 0 Å². The zero-order chi connectivity index (χ0) is 9.42. The molecule has 1 atom stereocenters. The van der Waals surface area contributed by atoms with Gasteiger partial charge in [0, 0.05) is 0 Å². The molecule has 0 bridgehead atoms. The lowest BCUT2D eigenvalue weighted by Crippen LogP contribution is -2.36. The highest BCUT2D eigenvalue weighted by Gasteiger charge is 2.22. The Morgan fingerprint density at radius 2 is 2.23 bits per heavy atom. The van der Waals surface area contributed by atoms with Crippen LogP contribution in [0.25, 0.3) is 0 Å². The third kappa shape index (κ3) is 1.20. The average molecular weight is 177 g/mol. The molecule has 0 spiro atoms. The number of rotatable bonds is 0. The van der Waals surface area contributed by atoms with Gasteiger partial charge >= 0.3 is 0 Å². The Hall–Kier alpha value is -1.71. The smallest absolute Gasteiger partial charge is 0.246 e. The van der Waals surface area contributed by atoms with Gasteiger partial charge in [0.1, 0.15) is 6.04 Å². The van der Waals surface area contributed by atoms with Crippen molar-refractivity contribution < 1.29 is 4.79 Å². The minimum absolute atomic E-state index is 0.0506. The van der Waals surface area contributed by atoms with Crippen LogP contribution >= 0.6 is 0 Å². The second-order valence-corrected chi connectivity index (χ2v) is 3.13. The maximum atomic E-state index is 11.3. The van der Waals surface area contributed by atoms with Gasteiger partial charge in [0.2, 0.25) is 5.91 Å². The van der Waals surface area contributed by atoms with Crippen LogP contribution in [0, 0.1) is 0 Å². The first-order valence-corrected chi connectivity index (χ1v) is 4.14. The van der Waals surface area contributed by atoms with Crippen molar-refractivity contribution in [3.63, 3.8) is 0 Å². The lowest BCUT2D eigenvalue weighted by Gasteiger charge is -2.24. The summed E-state index contributed by atoms with van der Waals surface area (Å²) in [6.07, 6.45) is 0. The Balaban J connectivity index is 2.48. The number of anilines is 3. The first-order valence-electron chi connectivity index (χ1n) is 4.14. The molecule has 1 unspecified atom stereocenters. The Morgan fingerprint density at radius 3 is 3.00 bits per heavy atom. The molecule has 1 amide bonds. The third-order valence-electron chi connectivity index (χ3n) is 2.11. The quantitative estimate of drug-likeness (QED) is 0.518. The van der Waals surface area contributed by atoms with E-state index in [0.29, 0.717) is 11.4 Å². The van der Waals surface area contributed by atoms with Crippen molar-refractivity contribution in [1.29, 1.82) is 0 Å². The van der Waals surface area contributed by atoms with Crippen LogP contribution in [0.1, 0.15) is 6.92 Å². The van der Waals surface area contributed by atoms with Crippen molar-refractivity contribution in [3.8, 4) is 0 Å². The number of nitrogens with one attached hydrogen (secondary N) is 2. The molecule has 0 saturated carbocycles. The van der Waals surface area contributed by atoms with E-state index >= 15 is 0 Å². The normalized spacial score (nSPS) is 20.1. The topological polar surface area (TPSA) is 67.2 Å². The van der Waals surface area contributed by atoms with Gasteiger partial charge in [-0.3, -0.25) is 4.79 Å². The molecule has 0 saturated heterocycles. The third-order valence-corrected chi connectivity index (χ3v) is 2.11. The first kappa shape index (κ1) is 7.91. The summed E-state index contributed by atoms with van der Waals surface area (Å²) in [6, 6.07) is 5.30. The maximum Gasteiger partial charge on any atom is 0.246 e. The minimum atomic E-state index is -0.200. The van der Waals surface area contributed by atoms with Crippen LogP contribution in [-0.2, 0) is 4.79 Å². The standard InChI is InChI=1S/C9H11N3O/c1-5-9(13)12-8-6(10)3-2-4-7(8)11-5/h2-5,11H,10H2,1H3,(H,12,13). The van der Waals surface area contributed by atoms with E-state index in [9.17, 15) is 4.79 Å². The fraction of sp³-hybridized carbons (Fsp3) is 0.222. The van der Waals surface area contributed by atoms with E-state index in [1.165, 1.54) is 0 Å².